The SMILES string of the molecule is COc1ccccc1/C=N/NC(=O)CN(C1CCCCC1)S(=O)(=O)c1ccccc1. The van der Waals surface area contributed by atoms with E-state index in [4.69, 9.17) is 4.74 Å². The van der Waals surface area contributed by atoms with Gasteiger partial charge in [-0.1, -0.05) is 49.6 Å². The van der Waals surface area contributed by atoms with Gasteiger partial charge in [0.25, 0.3) is 5.91 Å². The highest BCUT2D eigenvalue weighted by molar-refractivity contribution is 7.89. The maximum absolute atomic E-state index is 13.2. The summed E-state index contributed by atoms with van der Waals surface area (Å²) in [6, 6.07) is 15.3. The topological polar surface area (TPSA) is 88.1 Å². The number of rotatable bonds is 8. The maximum Gasteiger partial charge on any atom is 0.255 e. The summed E-state index contributed by atoms with van der Waals surface area (Å²) in [6.07, 6.45) is 5.99. The van der Waals surface area contributed by atoms with Gasteiger partial charge in [-0.2, -0.15) is 9.41 Å². The summed E-state index contributed by atoms with van der Waals surface area (Å²) in [4.78, 5) is 12.8. The van der Waals surface area contributed by atoms with Crippen molar-refractivity contribution in [3.63, 3.8) is 0 Å². The lowest BCUT2D eigenvalue weighted by Crippen LogP contribution is -2.46. The van der Waals surface area contributed by atoms with E-state index in [9.17, 15) is 13.2 Å². The fourth-order valence-electron chi connectivity index (χ4n) is 3.63. The molecule has 7 nitrogen and oxygen atoms in total. The zero-order valence-electron chi connectivity index (χ0n) is 17.0. The van der Waals surface area contributed by atoms with Gasteiger partial charge in [-0.05, 0) is 37.1 Å². The molecule has 8 heteroatoms. The fraction of sp³-hybridized carbons (Fsp3) is 0.364. The number of nitrogens with zero attached hydrogens (tertiary/aromatic N) is 2. The van der Waals surface area contributed by atoms with Crippen LogP contribution in [0.2, 0.25) is 0 Å². The maximum atomic E-state index is 13.2. The number of amides is 1. The lowest BCUT2D eigenvalue weighted by Gasteiger charge is -2.32. The van der Waals surface area contributed by atoms with E-state index >= 15 is 0 Å². The van der Waals surface area contributed by atoms with Gasteiger partial charge < -0.3 is 4.74 Å². The Bertz CT molecular complexity index is 971. The van der Waals surface area contributed by atoms with E-state index in [1.165, 1.54) is 10.5 Å². The number of benzene rings is 2. The number of sulfonamides is 1. The molecule has 1 fully saturated rings. The van der Waals surface area contributed by atoms with Crippen molar-refractivity contribution >= 4 is 22.1 Å². The van der Waals surface area contributed by atoms with Gasteiger partial charge in [0.2, 0.25) is 10.0 Å². The normalized spacial score (nSPS) is 15.4. The summed E-state index contributed by atoms with van der Waals surface area (Å²) in [5.74, 6) is 0.150. The van der Waals surface area contributed by atoms with E-state index in [2.05, 4.69) is 10.5 Å². The molecule has 0 saturated heterocycles. The number of hydrogen-bond donors (Lipinski definition) is 1. The van der Waals surface area contributed by atoms with Crippen molar-refractivity contribution in [2.24, 2.45) is 5.10 Å². The Labute approximate surface area is 177 Å². The lowest BCUT2D eigenvalue weighted by molar-refractivity contribution is -0.121. The monoisotopic (exact) mass is 429 g/mol. The third kappa shape index (κ3) is 5.46. The smallest absolute Gasteiger partial charge is 0.255 e. The minimum Gasteiger partial charge on any atom is -0.496 e. The quantitative estimate of drug-likeness (QED) is 0.516. The Morgan fingerprint density at radius 1 is 1.10 bits per heavy atom. The van der Waals surface area contributed by atoms with Crippen LogP contribution in [0.3, 0.4) is 0 Å². The Balaban J connectivity index is 1.74. The molecule has 0 aliphatic heterocycles. The van der Waals surface area contributed by atoms with E-state index in [-0.39, 0.29) is 17.5 Å². The van der Waals surface area contributed by atoms with Crippen molar-refractivity contribution in [2.45, 2.75) is 43.0 Å². The van der Waals surface area contributed by atoms with Gasteiger partial charge in [-0.3, -0.25) is 4.79 Å². The molecule has 2 aromatic carbocycles. The predicted molar refractivity (Wildman–Crippen MR) is 116 cm³/mol. The first kappa shape index (κ1) is 22.0. The highest BCUT2D eigenvalue weighted by atomic mass is 32.2. The molecule has 0 spiro atoms. The Kier molecular flexibility index (Phi) is 7.59. The van der Waals surface area contributed by atoms with Crippen LogP contribution in [0.25, 0.3) is 0 Å². The van der Waals surface area contributed by atoms with Crippen molar-refractivity contribution in [1.29, 1.82) is 0 Å². The van der Waals surface area contributed by atoms with E-state index in [0.29, 0.717) is 11.3 Å². The minimum atomic E-state index is -3.78. The van der Waals surface area contributed by atoms with Gasteiger partial charge in [-0.15, -0.1) is 0 Å². The van der Waals surface area contributed by atoms with Crippen LogP contribution in [0, 0.1) is 0 Å². The molecule has 0 radical (unpaired) electrons. The summed E-state index contributed by atoms with van der Waals surface area (Å²) >= 11 is 0. The van der Waals surface area contributed by atoms with E-state index in [1.807, 2.05) is 18.2 Å². The summed E-state index contributed by atoms with van der Waals surface area (Å²) in [7, 11) is -2.23. The number of carbonyl (C=O) groups is 1. The zero-order valence-corrected chi connectivity index (χ0v) is 17.8. The van der Waals surface area contributed by atoms with Gasteiger partial charge in [0.05, 0.1) is 24.8 Å². The number of hydrogen-bond acceptors (Lipinski definition) is 5. The van der Waals surface area contributed by atoms with Gasteiger partial charge >= 0.3 is 0 Å². The van der Waals surface area contributed by atoms with Crippen LogP contribution in [-0.4, -0.2) is 44.5 Å². The molecule has 1 aliphatic carbocycles. The van der Waals surface area contributed by atoms with Crippen molar-refractivity contribution < 1.29 is 17.9 Å². The molecule has 2 aromatic rings. The van der Waals surface area contributed by atoms with Crippen LogP contribution >= 0.6 is 0 Å². The van der Waals surface area contributed by atoms with Gasteiger partial charge in [0.1, 0.15) is 5.75 Å². The van der Waals surface area contributed by atoms with Crippen LogP contribution in [0.5, 0.6) is 5.75 Å². The number of para-hydroxylation sites is 1. The largest absolute Gasteiger partial charge is 0.496 e. The van der Waals surface area contributed by atoms with Gasteiger partial charge in [-0.25, -0.2) is 13.8 Å². The van der Waals surface area contributed by atoms with Crippen LogP contribution in [-0.2, 0) is 14.8 Å². The first-order valence-corrected chi connectivity index (χ1v) is 11.5. The number of ether oxygens (including phenoxy) is 1. The molecule has 0 unspecified atom stereocenters. The molecule has 1 amide bonds. The third-order valence-corrected chi connectivity index (χ3v) is 7.08. The Morgan fingerprint density at radius 3 is 2.47 bits per heavy atom. The van der Waals surface area contributed by atoms with Gasteiger partial charge in [0.15, 0.2) is 0 Å². The molecule has 1 saturated carbocycles. The summed E-state index contributed by atoms with van der Waals surface area (Å²) in [6.45, 7) is -0.273. The number of methoxy groups -OCH3 is 1. The van der Waals surface area contributed by atoms with E-state index < -0.39 is 15.9 Å². The van der Waals surface area contributed by atoms with E-state index in [1.54, 1.807) is 43.5 Å². The molecule has 0 aromatic heterocycles. The summed E-state index contributed by atoms with van der Waals surface area (Å²) in [5.41, 5.74) is 3.15. The molecule has 1 aliphatic rings. The second kappa shape index (κ2) is 10.4. The molecular formula is C22H27N3O4S. The van der Waals surface area contributed by atoms with Crippen molar-refractivity contribution in [1.82, 2.24) is 9.73 Å². The second-order valence-corrected chi connectivity index (χ2v) is 9.08. The highest BCUT2D eigenvalue weighted by Gasteiger charge is 2.33. The lowest BCUT2D eigenvalue weighted by atomic mass is 9.95. The van der Waals surface area contributed by atoms with Crippen molar-refractivity contribution in [2.75, 3.05) is 13.7 Å². The first-order chi connectivity index (χ1) is 14.5. The van der Waals surface area contributed by atoms with Crippen LogP contribution in [0.4, 0.5) is 0 Å². The number of hydrazone groups is 1. The minimum absolute atomic E-state index is 0.187. The van der Waals surface area contributed by atoms with E-state index in [0.717, 1.165) is 32.1 Å². The summed E-state index contributed by atoms with van der Waals surface area (Å²) in [5, 5.41) is 3.98. The first-order valence-electron chi connectivity index (χ1n) is 10.0. The Hall–Kier alpha value is -2.71. The molecular weight excluding hydrogens is 402 g/mol. The predicted octanol–water partition coefficient (Wildman–Crippen LogP) is 3.17. The summed E-state index contributed by atoms with van der Waals surface area (Å²) < 4.78 is 33.1. The fourth-order valence-corrected chi connectivity index (χ4v) is 5.29. The highest BCUT2D eigenvalue weighted by Crippen LogP contribution is 2.27. The van der Waals surface area contributed by atoms with Crippen molar-refractivity contribution in [3.8, 4) is 5.75 Å². The zero-order chi connectivity index (χ0) is 21.4. The molecule has 3 rings (SSSR count). The van der Waals surface area contributed by atoms with Crippen LogP contribution in [0.15, 0.2) is 64.6 Å². The molecule has 0 bridgehead atoms. The molecule has 0 heterocycles. The molecule has 0 atom stereocenters. The standard InChI is InChI=1S/C22H27N3O4S/c1-29-21-15-9-8-10-18(21)16-23-24-22(26)17-25(19-11-4-2-5-12-19)30(27,28)20-13-6-3-7-14-20/h3,6-10,13-16,19H,2,4-5,11-12,17H2,1H3,(H,24,26)/b23-16+. The average molecular weight is 430 g/mol. The molecule has 1 N–H and O–H groups in total. The molecule has 30 heavy (non-hydrogen) atoms. The van der Waals surface area contributed by atoms with Crippen molar-refractivity contribution in [3.05, 3.63) is 60.2 Å². The molecule has 160 valence electrons. The Morgan fingerprint density at radius 2 is 1.77 bits per heavy atom. The average Bonchev–Trinajstić information content (AvgIpc) is 2.79. The van der Waals surface area contributed by atoms with Crippen LogP contribution < -0.4 is 10.2 Å². The number of carbonyl (C=O) groups excluding carboxylic acids is 1. The second-order valence-electron chi connectivity index (χ2n) is 7.19. The van der Waals surface area contributed by atoms with Gasteiger partial charge in [0, 0.05) is 11.6 Å². The number of nitrogens with one attached hydrogen (secondary N) is 1. The van der Waals surface area contributed by atoms with Crippen LogP contribution in [0.1, 0.15) is 37.7 Å². The third-order valence-electron chi connectivity index (χ3n) is 5.16.